The molecule has 0 bridgehead atoms. The van der Waals surface area contributed by atoms with Crippen LogP contribution in [-0.4, -0.2) is 35.0 Å². The van der Waals surface area contributed by atoms with Gasteiger partial charge < -0.3 is 9.64 Å². The zero-order chi connectivity index (χ0) is 18.2. The summed E-state index contributed by atoms with van der Waals surface area (Å²) in [6.07, 6.45) is -5.10. The number of amides is 1. The first kappa shape index (κ1) is 17.1. The van der Waals surface area contributed by atoms with Gasteiger partial charge in [0.1, 0.15) is 11.8 Å². The van der Waals surface area contributed by atoms with Gasteiger partial charge in [-0.25, -0.2) is 13.8 Å². The molecule has 0 N–H and O–H groups in total. The summed E-state index contributed by atoms with van der Waals surface area (Å²) in [4.78, 5) is 16.8. The number of nitrogens with zero attached hydrogens (tertiary/aromatic N) is 2. The molecule has 2 aromatic rings. The second kappa shape index (κ2) is 6.30. The summed E-state index contributed by atoms with van der Waals surface area (Å²) in [6, 6.07) is 6.09. The van der Waals surface area contributed by atoms with Crippen LogP contribution in [-0.2, 0) is 6.18 Å². The maximum absolute atomic E-state index is 13.2. The van der Waals surface area contributed by atoms with Crippen molar-refractivity contribution in [2.24, 2.45) is 0 Å². The van der Waals surface area contributed by atoms with E-state index in [9.17, 15) is 26.7 Å². The molecule has 2 heterocycles. The number of aromatic nitrogens is 1. The van der Waals surface area contributed by atoms with Gasteiger partial charge in [0.2, 0.25) is 5.88 Å². The maximum Gasteiger partial charge on any atom is 0.433 e. The molecule has 4 nitrogen and oxygen atoms in total. The lowest BCUT2D eigenvalue weighted by Gasteiger charge is -2.38. The molecule has 0 saturated carbocycles. The van der Waals surface area contributed by atoms with Gasteiger partial charge in [-0.1, -0.05) is 6.07 Å². The highest BCUT2D eigenvalue weighted by atomic mass is 19.4. The standard InChI is InChI=1S/C16H11F5N2O2/c17-11-5-4-9(6-12(11)18)15(24)23-7-10(8-23)25-14-3-1-2-13(22-14)16(19,20)21/h1-6,10H,7-8H2. The molecule has 0 aliphatic carbocycles. The Labute approximate surface area is 138 Å². The number of rotatable bonds is 3. The van der Waals surface area contributed by atoms with Crippen LogP contribution >= 0.6 is 0 Å². The number of carbonyl (C=O) groups is 1. The maximum atomic E-state index is 13.2. The second-order valence-corrected chi connectivity index (χ2v) is 5.44. The highest BCUT2D eigenvalue weighted by Gasteiger charge is 2.35. The molecule has 132 valence electrons. The fourth-order valence-corrected chi connectivity index (χ4v) is 2.30. The molecule has 1 aromatic heterocycles. The second-order valence-electron chi connectivity index (χ2n) is 5.44. The molecule has 3 rings (SSSR count). The lowest BCUT2D eigenvalue weighted by atomic mass is 10.1. The zero-order valence-electron chi connectivity index (χ0n) is 12.6. The lowest BCUT2D eigenvalue weighted by molar-refractivity contribution is -0.141. The quantitative estimate of drug-likeness (QED) is 0.791. The first-order valence-corrected chi connectivity index (χ1v) is 7.19. The molecule has 1 aliphatic rings. The average Bonchev–Trinajstić information content (AvgIpc) is 2.52. The number of hydrogen-bond acceptors (Lipinski definition) is 3. The zero-order valence-corrected chi connectivity index (χ0v) is 12.6. The molecule has 1 aliphatic heterocycles. The fraction of sp³-hybridized carbons (Fsp3) is 0.250. The van der Waals surface area contributed by atoms with Crippen LogP contribution in [0, 0.1) is 11.6 Å². The summed E-state index contributed by atoms with van der Waals surface area (Å²) < 4.78 is 69.1. The van der Waals surface area contributed by atoms with Gasteiger partial charge in [-0.15, -0.1) is 0 Å². The molecule has 1 aromatic carbocycles. The van der Waals surface area contributed by atoms with Gasteiger partial charge >= 0.3 is 6.18 Å². The van der Waals surface area contributed by atoms with Gasteiger partial charge in [0, 0.05) is 11.6 Å². The van der Waals surface area contributed by atoms with E-state index in [0.29, 0.717) is 0 Å². The summed E-state index contributed by atoms with van der Waals surface area (Å²) in [5.74, 6) is -2.90. The Morgan fingerprint density at radius 2 is 1.84 bits per heavy atom. The number of pyridine rings is 1. The first-order valence-electron chi connectivity index (χ1n) is 7.19. The summed E-state index contributed by atoms with van der Waals surface area (Å²) in [5.41, 5.74) is -1.09. The van der Waals surface area contributed by atoms with E-state index < -0.39 is 35.5 Å². The van der Waals surface area contributed by atoms with E-state index in [-0.39, 0.29) is 24.5 Å². The van der Waals surface area contributed by atoms with Crippen molar-refractivity contribution in [2.75, 3.05) is 13.1 Å². The summed E-state index contributed by atoms with van der Waals surface area (Å²) in [5, 5.41) is 0. The normalized spacial score (nSPS) is 15.0. The Bertz CT molecular complexity index is 803. The topological polar surface area (TPSA) is 42.4 Å². The van der Waals surface area contributed by atoms with E-state index in [1.54, 1.807) is 0 Å². The van der Waals surface area contributed by atoms with Crippen molar-refractivity contribution in [3.05, 3.63) is 59.3 Å². The molecule has 0 atom stereocenters. The van der Waals surface area contributed by atoms with Crippen LogP contribution in [0.2, 0.25) is 0 Å². The molecule has 25 heavy (non-hydrogen) atoms. The lowest BCUT2D eigenvalue weighted by Crippen LogP contribution is -2.56. The van der Waals surface area contributed by atoms with Crippen molar-refractivity contribution >= 4 is 5.91 Å². The highest BCUT2D eigenvalue weighted by Crippen LogP contribution is 2.29. The Hall–Kier alpha value is -2.71. The SMILES string of the molecule is O=C(c1ccc(F)c(F)c1)N1CC(Oc2cccc(C(F)(F)F)n2)C1. The Balaban J connectivity index is 1.59. The summed E-state index contributed by atoms with van der Waals surface area (Å²) in [6.45, 7) is 0.214. The molecular weight excluding hydrogens is 347 g/mol. The largest absolute Gasteiger partial charge is 0.471 e. The van der Waals surface area contributed by atoms with E-state index in [1.165, 1.54) is 17.0 Å². The number of hydrogen-bond donors (Lipinski definition) is 0. The number of ether oxygens (including phenoxy) is 1. The van der Waals surface area contributed by atoms with Crippen LogP contribution in [0.3, 0.4) is 0 Å². The molecule has 0 unspecified atom stereocenters. The predicted molar refractivity (Wildman–Crippen MR) is 75.9 cm³/mol. The monoisotopic (exact) mass is 358 g/mol. The third-order valence-corrected chi connectivity index (χ3v) is 3.60. The molecule has 0 radical (unpaired) electrons. The van der Waals surface area contributed by atoms with Gasteiger partial charge in [0.05, 0.1) is 13.1 Å². The van der Waals surface area contributed by atoms with Crippen molar-refractivity contribution in [2.45, 2.75) is 12.3 Å². The van der Waals surface area contributed by atoms with Gasteiger partial charge in [-0.3, -0.25) is 4.79 Å². The van der Waals surface area contributed by atoms with Gasteiger partial charge in [-0.05, 0) is 24.3 Å². The van der Waals surface area contributed by atoms with Crippen LogP contribution in [0.25, 0.3) is 0 Å². The van der Waals surface area contributed by atoms with Crippen LogP contribution in [0.1, 0.15) is 16.1 Å². The first-order chi connectivity index (χ1) is 11.7. The van der Waals surface area contributed by atoms with Crippen molar-refractivity contribution < 1.29 is 31.5 Å². The van der Waals surface area contributed by atoms with E-state index >= 15 is 0 Å². The third kappa shape index (κ3) is 3.70. The molecule has 1 amide bonds. The van der Waals surface area contributed by atoms with E-state index in [0.717, 1.165) is 24.3 Å². The van der Waals surface area contributed by atoms with Gasteiger partial charge in [-0.2, -0.15) is 13.2 Å². The summed E-state index contributed by atoms with van der Waals surface area (Å²) >= 11 is 0. The third-order valence-electron chi connectivity index (χ3n) is 3.60. The highest BCUT2D eigenvalue weighted by molar-refractivity contribution is 5.94. The minimum atomic E-state index is -4.58. The van der Waals surface area contributed by atoms with Crippen LogP contribution in [0.15, 0.2) is 36.4 Å². The Morgan fingerprint density at radius 3 is 2.48 bits per heavy atom. The van der Waals surface area contributed by atoms with E-state index in [2.05, 4.69) is 4.98 Å². The number of halogens is 5. The van der Waals surface area contributed by atoms with Crippen molar-refractivity contribution in [3.8, 4) is 5.88 Å². The van der Waals surface area contributed by atoms with Crippen molar-refractivity contribution in [1.82, 2.24) is 9.88 Å². The fourth-order valence-electron chi connectivity index (χ4n) is 2.30. The van der Waals surface area contributed by atoms with Crippen LogP contribution in [0.4, 0.5) is 22.0 Å². The van der Waals surface area contributed by atoms with Crippen LogP contribution in [0.5, 0.6) is 5.88 Å². The van der Waals surface area contributed by atoms with E-state index in [4.69, 9.17) is 4.74 Å². The Kier molecular flexibility index (Phi) is 4.32. The minimum Gasteiger partial charge on any atom is -0.471 e. The van der Waals surface area contributed by atoms with Gasteiger partial charge in [0.25, 0.3) is 5.91 Å². The summed E-state index contributed by atoms with van der Waals surface area (Å²) in [7, 11) is 0. The molecule has 1 saturated heterocycles. The molecule has 1 fully saturated rings. The smallest absolute Gasteiger partial charge is 0.433 e. The minimum absolute atomic E-state index is 0.0189. The van der Waals surface area contributed by atoms with Gasteiger partial charge in [0.15, 0.2) is 11.6 Å². The molecule has 0 spiro atoms. The number of likely N-dealkylation sites (tertiary alicyclic amines) is 1. The van der Waals surface area contributed by atoms with E-state index in [1.807, 2.05) is 0 Å². The Morgan fingerprint density at radius 1 is 1.12 bits per heavy atom. The van der Waals surface area contributed by atoms with Crippen molar-refractivity contribution in [3.63, 3.8) is 0 Å². The van der Waals surface area contributed by atoms with Crippen LogP contribution < -0.4 is 4.74 Å². The average molecular weight is 358 g/mol. The van der Waals surface area contributed by atoms with Crippen molar-refractivity contribution in [1.29, 1.82) is 0 Å². The predicted octanol–water partition coefficient (Wildman–Crippen LogP) is 3.28. The number of benzene rings is 1. The number of alkyl halides is 3. The molecule has 9 heteroatoms. The molecular formula is C16H11F5N2O2. The number of carbonyl (C=O) groups excluding carboxylic acids is 1.